The molecule has 0 aliphatic heterocycles. The van der Waals surface area contributed by atoms with Gasteiger partial charge >= 0.3 is 0 Å². The predicted octanol–water partition coefficient (Wildman–Crippen LogP) is 2.62. The topological polar surface area (TPSA) is 82.7 Å². The second-order valence-corrected chi connectivity index (χ2v) is 5.35. The van der Waals surface area contributed by atoms with Gasteiger partial charge in [-0.1, -0.05) is 17.4 Å². The van der Waals surface area contributed by atoms with Gasteiger partial charge in [-0.15, -0.1) is 0 Å². The van der Waals surface area contributed by atoms with Crippen molar-refractivity contribution in [2.24, 2.45) is 0 Å². The van der Waals surface area contributed by atoms with E-state index in [0.717, 1.165) is 22.2 Å². The number of H-pyrrole nitrogens is 1. The number of amides is 1. The van der Waals surface area contributed by atoms with Crippen molar-refractivity contribution in [3.05, 3.63) is 35.0 Å². The molecule has 0 saturated carbocycles. The first kappa shape index (κ1) is 12.6. The number of nitrogens with zero attached hydrogens (tertiary/aromatic N) is 2. The second-order valence-electron chi connectivity index (χ2n) is 4.32. The molecule has 0 atom stereocenters. The first-order valence-electron chi connectivity index (χ1n) is 6.06. The van der Waals surface area contributed by atoms with Crippen LogP contribution >= 0.6 is 11.3 Å². The highest BCUT2D eigenvalue weighted by molar-refractivity contribution is 7.17. The lowest BCUT2D eigenvalue weighted by atomic mass is 10.1. The second kappa shape index (κ2) is 4.93. The summed E-state index contributed by atoms with van der Waals surface area (Å²) in [5.41, 5.74) is 2.66. The van der Waals surface area contributed by atoms with Crippen molar-refractivity contribution in [1.82, 2.24) is 15.2 Å². The summed E-state index contributed by atoms with van der Waals surface area (Å²) >= 11 is 1.32. The number of thiazole rings is 1. The molecule has 0 fully saturated rings. The summed E-state index contributed by atoms with van der Waals surface area (Å²) in [5.74, 6) is -0.166. The van der Waals surface area contributed by atoms with Crippen LogP contribution in [0.3, 0.4) is 0 Å². The summed E-state index contributed by atoms with van der Waals surface area (Å²) < 4.78 is 0. The van der Waals surface area contributed by atoms with Crippen molar-refractivity contribution < 1.29 is 4.79 Å². The molecular formula is C13H13N5OS. The minimum Gasteiger partial charge on any atom is -0.365 e. The Morgan fingerprint density at radius 1 is 1.35 bits per heavy atom. The van der Waals surface area contributed by atoms with Gasteiger partial charge in [0.15, 0.2) is 5.13 Å². The van der Waals surface area contributed by atoms with Gasteiger partial charge in [0, 0.05) is 12.4 Å². The van der Waals surface area contributed by atoms with E-state index in [9.17, 15) is 4.79 Å². The average molecular weight is 287 g/mol. The Hall–Kier alpha value is -2.41. The SMILES string of the molecule is CNc1ncc(C(=O)Nc2c(C)ccc3[nH]ncc23)s1. The van der Waals surface area contributed by atoms with Crippen LogP contribution in [0.4, 0.5) is 10.8 Å². The van der Waals surface area contributed by atoms with Gasteiger partial charge < -0.3 is 10.6 Å². The van der Waals surface area contributed by atoms with Crippen LogP contribution in [0.1, 0.15) is 15.2 Å². The highest BCUT2D eigenvalue weighted by Gasteiger charge is 2.14. The number of benzene rings is 1. The summed E-state index contributed by atoms with van der Waals surface area (Å²) in [6.45, 7) is 1.95. The van der Waals surface area contributed by atoms with Crippen LogP contribution < -0.4 is 10.6 Å². The Balaban J connectivity index is 1.94. The Labute approximate surface area is 119 Å². The molecule has 3 rings (SSSR count). The maximum atomic E-state index is 12.3. The van der Waals surface area contributed by atoms with Gasteiger partial charge in [-0.3, -0.25) is 9.89 Å². The van der Waals surface area contributed by atoms with Crippen molar-refractivity contribution in [1.29, 1.82) is 0 Å². The van der Waals surface area contributed by atoms with Crippen LogP contribution in [-0.4, -0.2) is 28.1 Å². The Kier molecular flexibility index (Phi) is 3.11. The fourth-order valence-corrected chi connectivity index (χ4v) is 2.63. The molecule has 102 valence electrons. The molecule has 3 N–H and O–H groups in total. The van der Waals surface area contributed by atoms with E-state index in [0.29, 0.717) is 10.0 Å². The van der Waals surface area contributed by atoms with Gasteiger partial charge in [0.2, 0.25) is 0 Å². The zero-order chi connectivity index (χ0) is 14.1. The van der Waals surface area contributed by atoms with Crippen molar-refractivity contribution in [3.63, 3.8) is 0 Å². The van der Waals surface area contributed by atoms with Gasteiger partial charge in [-0.25, -0.2) is 4.98 Å². The van der Waals surface area contributed by atoms with Crippen LogP contribution in [0.15, 0.2) is 24.5 Å². The molecule has 20 heavy (non-hydrogen) atoms. The molecular weight excluding hydrogens is 274 g/mol. The van der Waals surface area contributed by atoms with Crippen molar-refractivity contribution in [3.8, 4) is 0 Å². The minimum atomic E-state index is -0.166. The summed E-state index contributed by atoms with van der Waals surface area (Å²) in [6.07, 6.45) is 3.28. The summed E-state index contributed by atoms with van der Waals surface area (Å²) in [5, 5.41) is 14.4. The minimum absolute atomic E-state index is 0.166. The molecule has 1 aromatic carbocycles. The Bertz CT molecular complexity index is 776. The highest BCUT2D eigenvalue weighted by atomic mass is 32.1. The summed E-state index contributed by atoms with van der Waals surface area (Å²) in [4.78, 5) is 16.9. The molecule has 3 aromatic rings. The average Bonchev–Trinajstić information content (AvgIpc) is 3.09. The number of rotatable bonds is 3. The number of nitrogens with one attached hydrogen (secondary N) is 3. The number of aromatic nitrogens is 3. The number of hydrogen-bond acceptors (Lipinski definition) is 5. The zero-order valence-electron chi connectivity index (χ0n) is 11.0. The first-order chi connectivity index (χ1) is 9.69. The van der Waals surface area contributed by atoms with E-state index in [1.807, 2.05) is 19.1 Å². The molecule has 0 bridgehead atoms. The maximum absolute atomic E-state index is 12.3. The van der Waals surface area contributed by atoms with Crippen LogP contribution in [0.2, 0.25) is 0 Å². The molecule has 0 radical (unpaired) electrons. The number of carbonyl (C=O) groups excluding carboxylic acids is 1. The number of hydrogen-bond donors (Lipinski definition) is 3. The maximum Gasteiger partial charge on any atom is 0.267 e. The van der Waals surface area contributed by atoms with Gasteiger partial charge in [0.05, 0.1) is 23.6 Å². The van der Waals surface area contributed by atoms with E-state index >= 15 is 0 Å². The van der Waals surface area contributed by atoms with Gasteiger partial charge in [0.1, 0.15) is 4.88 Å². The van der Waals surface area contributed by atoms with E-state index in [4.69, 9.17) is 0 Å². The van der Waals surface area contributed by atoms with Crippen molar-refractivity contribution in [2.75, 3.05) is 17.7 Å². The number of aryl methyl sites for hydroxylation is 1. The Morgan fingerprint density at radius 3 is 2.95 bits per heavy atom. The number of fused-ring (bicyclic) bond motifs is 1. The van der Waals surface area contributed by atoms with E-state index in [2.05, 4.69) is 25.8 Å². The van der Waals surface area contributed by atoms with Crippen LogP contribution in [0.25, 0.3) is 10.9 Å². The molecule has 2 aromatic heterocycles. The number of carbonyl (C=O) groups is 1. The van der Waals surface area contributed by atoms with Crippen molar-refractivity contribution in [2.45, 2.75) is 6.92 Å². The van der Waals surface area contributed by atoms with Crippen LogP contribution in [-0.2, 0) is 0 Å². The van der Waals surface area contributed by atoms with E-state index in [-0.39, 0.29) is 5.91 Å². The zero-order valence-corrected chi connectivity index (χ0v) is 11.8. The van der Waals surface area contributed by atoms with E-state index in [1.54, 1.807) is 19.4 Å². The monoisotopic (exact) mass is 287 g/mol. The third-order valence-corrected chi connectivity index (χ3v) is 4.03. The summed E-state index contributed by atoms with van der Waals surface area (Å²) in [7, 11) is 1.77. The van der Waals surface area contributed by atoms with Gasteiger partial charge in [0.25, 0.3) is 5.91 Å². The molecule has 0 aliphatic rings. The third-order valence-electron chi connectivity index (χ3n) is 3.01. The van der Waals surface area contributed by atoms with Crippen molar-refractivity contribution >= 4 is 39.0 Å². The molecule has 0 saturated heterocycles. The fraction of sp³-hybridized carbons (Fsp3) is 0.154. The normalized spacial score (nSPS) is 10.7. The fourth-order valence-electron chi connectivity index (χ4n) is 1.96. The lowest BCUT2D eigenvalue weighted by Crippen LogP contribution is -2.11. The standard InChI is InChI=1S/C13H13N5OS/c1-7-3-4-9-8(5-16-18-9)11(7)17-12(19)10-6-15-13(14-2)20-10/h3-6H,1-2H3,(H,14,15)(H,16,18)(H,17,19). The Morgan fingerprint density at radius 2 is 2.20 bits per heavy atom. The van der Waals surface area contributed by atoms with Crippen LogP contribution in [0.5, 0.6) is 0 Å². The number of aromatic amines is 1. The van der Waals surface area contributed by atoms with Gasteiger partial charge in [-0.2, -0.15) is 5.10 Å². The highest BCUT2D eigenvalue weighted by Crippen LogP contribution is 2.27. The lowest BCUT2D eigenvalue weighted by Gasteiger charge is -2.08. The quantitative estimate of drug-likeness (QED) is 0.691. The van der Waals surface area contributed by atoms with E-state index < -0.39 is 0 Å². The molecule has 6 nitrogen and oxygen atoms in total. The predicted molar refractivity (Wildman–Crippen MR) is 80.4 cm³/mol. The molecule has 0 spiro atoms. The molecule has 1 amide bonds. The largest absolute Gasteiger partial charge is 0.365 e. The van der Waals surface area contributed by atoms with E-state index in [1.165, 1.54) is 11.3 Å². The lowest BCUT2D eigenvalue weighted by molar-refractivity contribution is 0.103. The first-order valence-corrected chi connectivity index (χ1v) is 6.88. The molecule has 0 unspecified atom stereocenters. The third kappa shape index (κ3) is 2.12. The smallest absolute Gasteiger partial charge is 0.267 e. The van der Waals surface area contributed by atoms with Crippen LogP contribution in [0, 0.1) is 6.92 Å². The van der Waals surface area contributed by atoms with Gasteiger partial charge in [-0.05, 0) is 18.6 Å². The summed E-state index contributed by atoms with van der Waals surface area (Å²) in [6, 6.07) is 3.89. The molecule has 7 heteroatoms. The molecule has 0 aliphatic carbocycles. The molecule has 2 heterocycles. The number of anilines is 2.